The van der Waals surface area contributed by atoms with Gasteiger partial charge in [-0.15, -0.1) is 0 Å². The van der Waals surface area contributed by atoms with Gasteiger partial charge in [0.25, 0.3) is 0 Å². The first-order chi connectivity index (χ1) is 53.2. The van der Waals surface area contributed by atoms with Crippen LogP contribution in [0.25, 0.3) is 0 Å². The van der Waals surface area contributed by atoms with Gasteiger partial charge in [0.15, 0.2) is 37.4 Å². The van der Waals surface area contributed by atoms with Crippen molar-refractivity contribution in [2.75, 3.05) is 42.4 Å². The summed E-state index contributed by atoms with van der Waals surface area (Å²) in [7, 11) is 9.71. The minimum Gasteiger partial charge on any atom is -0.462 e. The van der Waals surface area contributed by atoms with Crippen LogP contribution in [-0.2, 0) is 114 Å². The second-order valence-corrected chi connectivity index (χ2v) is 31.7. The van der Waals surface area contributed by atoms with Crippen LogP contribution in [0.1, 0.15) is 180 Å². The maximum Gasteiger partial charge on any atom is 0.309 e. The molecule has 0 radical (unpaired) electrons. The smallest absolute Gasteiger partial charge is 0.309 e. The van der Waals surface area contributed by atoms with E-state index in [1.165, 1.54) is 21.1 Å². The summed E-state index contributed by atoms with van der Waals surface area (Å²) in [5.41, 5.74) is -2.98. The van der Waals surface area contributed by atoms with E-state index in [4.69, 9.17) is 75.8 Å². The molecule has 6 aliphatic heterocycles. The lowest BCUT2D eigenvalue weighted by Gasteiger charge is -2.50. The van der Waals surface area contributed by atoms with E-state index in [1.54, 1.807) is 157 Å². The molecule has 6 N–H and O–H groups in total. The molecule has 0 aromatic carbocycles. The number of carbonyl (C=O) groups excluding carboxylic acids is 8. The molecule has 113 heavy (non-hydrogen) atoms. The summed E-state index contributed by atoms with van der Waals surface area (Å²) in [6, 6.07) is -1.56. The van der Waals surface area contributed by atoms with Gasteiger partial charge in [-0.1, -0.05) is 83.2 Å². The predicted molar refractivity (Wildman–Crippen MR) is 406 cm³/mol. The number of carbonyl (C=O) groups is 8. The van der Waals surface area contributed by atoms with Gasteiger partial charge >= 0.3 is 35.8 Å². The number of hydrogen-bond acceptors (Lipinski definition) is 32. The highest BCUT2D eigenvalue weighted by Gasteiger charge is 2.56. The van der Waals surface area contributed by atoms with Crippen LogP contribution in [0.5, 0.6) is 0 Å². The molecule has 0 bridgehead atoms. The van der Waals surface area contributed by atoms with Crippen molar-refractivity contribution in [2.45, 2.75) is 351 Å². The highest BCUT2D eigenvalue weighted by atomic mass is 16.8. The topological polar surface area (TPSA) is 412 Å². The second kappa shape index (κ2) is 46.5. The third-order valence-corrected chi connectivity index (χ3v) is 21.5. The second-order valence-electron chi connectivity index (χ2n) is 31.7. The average Bonchev–Trinajstić information content (AvgIpc) is 0.778. The van der Waals surface area contributed by atoms with Crippen LogP contribution in [0.15, 0.2) is 48.6 Å². The molecule has 0 spiro atoms. The summed E-state index contributed by atoms with van der Waals surface area (Å²) in [6.45, 7) is 23.1. The molecule has 0 amide bonds. The van der Waals surface area contributed by atoms with Crippen molar-refractivity contribution in [3.8, 4) is 0 Å². The summed E-state index contributed by atoms with van der Waals surface area (Å²) in [4.78, 5) is 104. The van der Waals surface area contributed by atoms with Crippen LogP contribution in [0.2, 0.25) is 0 Å². The zero-order valence-electron chi connectivity index (χ0n) is 69.7. The Hall–Kier alpha value is -5.60. The van der Waals surface area contributed by atoms with Crippen molar-refractivity contribution >= 4 is 48.4 Å². The molecule has 0 aromatic rings. The van der Waals surface area contributed by atoms with E-state index in [2.05, 4.69) is 0 Å². The minimum absolute atomic E-state index is 0.000633. The molecule has 646 valence electrons. The fourth-order valence-corrected chi connectivity index (χ4v) is 15.6. The molecule has 0 aromatic heterocycles. The normalized spacial score (nSPS) is 41.3. The Bertz CT molecular complexity index is 3090. The lowest BCUT2D eigenvalue weighted by atomic mass is 9.82. The molecule has 32 atom stereocenters. The Balaban J connectivity index is 0.000000404. The van der Waals surface area contributed by atoms with E-state index in [-0.39, 0.29) is 57.8 Å². The number of methoxy groups -OCH3 is 2. The molecule has 4 fully saturated rings. The quantitative estimate of drug-likeness (QED) is 0.0438. The van der Waals surface area contributed by atoms with Gasteiger partial charge in [0.1, 0.15) is 84.8 Å². The minimum atomic E-state index is -1.49. The van der Waals surface area contributed by atoms with Crippen LogP contribution in [0.4, 0.5) is 0 Å². The Morgan fingerprint density at radius 3 is 1.18 bits per heavy atom. The van der Waals surface area contributed by atoms with E-state index in [0.717, 1.165) is 0 Å². The third kappa shape index (κ3) is 28.9. The van der Waals surface area contributed by atoms with Crippen LogP contribution in [0, 0.1) is 23.7 Å². The van der Waals surface area contributed by atoms with Crippen molar-refractivity contribution in [1.82, 2.24) is 9.80 Å². The summed E-state index contributed by atoms with van der Waals surface area (Å²) >= 11 is 0. The molecule has 32 nitrogen and oxygen atoms in total. The third-order valence-electron chi connectivity index (χ3n) is 21.5. The number of aliphatic hydroxyl groups is 6. The van der Waals surface area contributed by atoms with Gasteiger partial charge < -0.3 is 126 Å². The van der Waals surface area contributed by atoms with Crippen molar-refractivity contribution in [3.63, 3.8) is 0 Å². The van der Waals surface area contributed by atoms with Gasteiger partial charge in [-0.3, -0.25) is 28.8 Å². The number of allylic oxidation sites excluding steroid dienone is 4. The van der Waals surface area contributed by atoms with Gasteiger partial charge in [0.05, 0.1) is 73.8 Å². The molecule has 4 saturated heterocycles. The number of aliphatic hydroxyl groups excluding tert-OH is 4. The van der Waals surface area contributed by atoms with E-state index in [1.807, 2.05) is 19.9 Å². The highest BCUT2D eigenvalue weighted by molar-refractivity contribution is 5.73. The maximum absolute atomic E-state index is 13.3. The summed E-state index contributed by atoms with van der Waals surface area (Å²) in [5.74, 6) is -5.74. The van der Waals surface area contributed by atoms with E-state index in [0.29, 0.717) is 25.4 Å². The Morgan fingerprint density at radius 2 is 0.858 bits per heavy atom. The highest BCUT2D eigenvalue weighted by Crippen LogP contribution is 2.41. The molecule has 0 saturated carbocycles. The van der Waals surface area contributed by atoms with Crippen LogP contribution in [-0.4, -0.2) is 302 Å². The van der Waals surface area contributed by atoms with Crippen molar-refractivity contribution in [1.29, 1.82) is 0 Å². The number of esters is 6. The van der Waals surface area contributed by atoms with Gasteiger partial charge in [-0.2, -0.15) is 0 Å². The molecule has 6 heterocycles. The SMILES string of the molecule is CCC(=O)O[C@@H]1CC(=O)O[C@H](C)C/C=C/C=C/[C@H](O)[C@H](C)C[C@H](CC=O)[C@H](O[C@@H]2O[C@H](C)[C@@H](O[C@H]3C[C@@](C)(O)[C@@H](OC(=O)CC)[C@H](C)O3)[C@H](N(C)C)[C@H]2O)[C@H]1OC.CCC(=O)O[C@H]1[C@H](C)O[C@@H](O[C@H]2[C@H](N(C)C)[C@@H](O)[C@H](O[C@H]3[C@@H](CC=O)C[C@@H](C)[C@@H](O)/C=C/C=C/C[C@@H](C)OC(=O)C[C@@H](OC(C)=O)[C@@H]3OC)O[C@@H]2C)C[C@@]1(C)O. The first-order valence-electron chi connectivity index (χ1n) is 39.7. The van der Waals surface area contributed by atoms with Crippen molar-refractivity contribution < 1.29 is 145 Å². The summed E-state index contributed by atoms with van der Waals surface area (Å²) in [5, 5.41) is 68.9. The standard InChI is InChI=1S/C41H67NO15.C40H65NO15/c1-11-30(45)54-29-21-32(47)51-24(4)16-14-13-15-17-28(44)23(3)20-27(18-19-43)37(38(29)50-10)57-40-35(48)34(42(8)9)36(25(5)53-40)56-33-22-41(7,49)39(26(6)52-33)55-31(46)12-2;1-11-30(45)54-38-25(5)51-32(21-40(38,7)48)55-35-24(4)52-39(34(47)33(35)41(8)9)56-36-27(17-18-42)19-22(2)28(44)16-14-12-13-15-23(3)50-31(46)20-29(37(36)49-10)53-26(6)43/h13-15,17,19,23-29,33-40,44,48-49H,11-12,16,18,20-22H2,1-10H3;12-14,16,18,22-25,27-29,32-39,44,47-48H,11,15,17,19-21H2,1-10H3/b14-13+,17-15+;13-12+,16-14+/t23-,24-,25-,26+,27+,28+,29-,33+,34-,35-,36-,37+,38+,39+,40+,41-;22-,23-,24-,25+,27+,28+,29-,32+,33-,34-,35-,36+,37+,38+,39+,40-/m11/s1. The fraction of sp³-hybridized carbons (Fsp3) is 0.802. The zero-order valence-corrected chi connectivity index (χ0v) is 69.7. The monoisotopic (exact) mass is 1610 g/mol. The van der Waals surface area contributed by atoms with Gasteiger partial charge in [0, 0.05) is 78.9 Å². The van der Waals surface area contributed by atoms with Gasteiger partial charge in [-0.25, -0.2) is 0 Å². The Kier molecular flexibility index (Phi) is 40.3. The number of cyclic esters (lactones) is 2. The molecule has 0 aliphatic carbocycles. The number of ether oxygens (including phenoxy) is 16. The number of nitrogens with zero attached hydrogens (tertiary/aromatic N) is 2. The number of likely N-dealkylation sites (N-methyl/N-ethyl adjacent to an activating group) is 2. The van der Waals surface area contributed by atoms with Gasteiger partial charge in [-0.05, 0) is 120 Å². The van der Waals surface area contributed by atoms with Crippen LogP contribution < -0.4 is 0 Å². The number of hydrogen-bond donors (Lipinski definition) is 6. The molecule has 32 heteroatoms. The molecule has 6 aliphatic rings. The first kappa shape index (κ1) is 98.0. The van der Waals surface area contributed by atoms with Crippen LogP contribution >= 0.6 is 0 Å². The number of aldehydes is 2. The lowest BCUT2D eigenvalue weighted by molar-refractivity contribution is -0.344. The number of rotatable bonds is 23. The van der Waals surface area contributed by atoms with E-state index in [9.17, 15) is 69.0 Å². The maximum atomic E-state index is 13.3. The largest absolute Gasteiger partial charge is 0.462 e. The average molecular weight is 1610 g/mol. The van der Waals surface area contributed by atoms with Crippen molar-refractivity contribution in [2.24, 2.45) is 23.7 Å². The van der Waals surface area contributed by atoms with E-state index >= 15 is 0 Å². The molecule has 0 unspecified atom stereocenters. The molecular weight excluding hydrogens is 1480 g/mol. The Morgan fingerprint density at radius 1 is 0.504 bits per heavy atom. The predicted octanol–water partition coefficient (Wildman–Crippen LogP) is 5.14. The first-order valence-corrected chi connectivity index (χ1v) is 39.7. The zero-order chi connectivity index (χ0) is 84.5. The summed E-state index contributed by atoms with van der Waals surface area (Å²) in [6.07, 6.45) is -8.20. The molecule has 6 rings (SSSR count). The van der Waals surface area contributed by atoms with E-state index < -0.39 is 243 Å². The summed E-state index contributed by atoms with van der Waals surface area (Å²) < 4.78 is 96.8. The van der Waals surface area contributed by atoms with Gasteiger partial charge in [0.2, 0.25) is 0 Å². The Labute approximate surface area is 666 Å². The fourth-order valence-electron chi connectivity index (χ4n) is 15.6. The lowest BCUT2D eigenvalue weighted by Crippen LogP contribution is -2.66. The van der Waals surface area contributed by atoms with Crippen molar-refractivity contribution in [3.05, 3.63) is 48.6 Å². The van der Waals surface area contributed by atoms with Crippen LogP contribution in [0.3, 0.4) is 0 Å². The molecular formula is C81H132N2O30.